The van der Waals surface area contributed by atoms with Gasteiger partial charge in [0, 0.05) is 43.7 Å². The molecule has 7 heteroatoms. The van der Waals surface area contributed by atoms with Crippen LogP contribution in [-0.4, -0.2) is 56.7 Å². The smallest absolute Gasteiger partial charge is 0.222 e. The maximum atomic E-state index is 12.0. The van der Waals surface area contributed by atoms with Crippen LogP contribution in [0.3, 0.4) is 0 Å². The fourth-order valence-electron chi connectivity index (χ4n) is 3.48. The quantitative estimate of drug-likeness (QED) is 0.474. The van der Waals surface area contributed by atoms with E-state index >= 15 is 0 Å². The highest BCUT2D eigenvalue weighted by atomic mass is 16.5. The first-order valence-electron chi connectivity index (χ1n) is 10.1. The molecule has 0 bridgehead atoms. The van der Waals surface area contributed by atoms with Gasteiger partial charge >= 0.3 is 0 Å². The summed E-state index contributed by atoms with van der Waals surface area (Å²) in [5, 5.41) is 6.67. The number of nitrogens with zero attached hydrogens (tertiary/aromatic N) is 2. The summed E-state index contributed by atoms with van der Waals surface area (Å²) in [7, 11) is 3.29. The number of amides is 1. The molecule has 2 rings (SSSR count). The molecule has 1 aliphatic rings. The summed E-state index contributed by atoms with van der Waals surface area (Å²) in [5.41, 5.74) is 0.995. The highest BCUT2D eigenvalue weighted by molar-refractivity contribution is 5.80. The lowest BCUT2D eigenvalue weighted by Crippen LogP contribution is -2.42. The average Bonchev–Trinajstić information content (AvgIpc) is 3.14. The lowest BCUT2D eigenvalue weighted by molar-refractivity contribution is -0.129. The Kier molecular flexibility index (Phi) is 8.91. The molecule has 2 N–H and O–H groups in total. The van der Waals surface area contributed by atoms with Crippen molar-refractivity contribution in [3.8, 4) is 11.5 Å². The van der Waals surface area contributed by atoms with Crippen molar-refractivity contribution in [1.82, 2.24) is 15.5 Å². The predicted octanol–water partition coefficient (Wildman–Crippen LogP) is 2.55. The predicted molar refractivity (Wildman–Crippen MR) is 112 cm³/mol. The molecule has 0 spiro atoms. The van der Waals surface area contributed by atoms with Crippen molar-refractivity contribution in [2.24, 2.45) is 4.99 Å². The van der Waals surface area contributed by atoms with Gasteiger partial charge in [-0.1, -0.05) is 6.92 Å². The van der Waals surface area contributed by atoms with E-state index < -0.39 is 0 Å². The van der Waals surface area contributed by atoms with Crippen molar-refractivity contribution in [2.45, 2.75) is 52.1 Å². The van der Waals surface area contributed by atoms with Crippen molar-refractivity contribution in [2.75, 3.05) is 33.9 Å². The summed E-state index contributed by atoms with van der Waals surface area (Å²) in [6.07, 6.45) is 3.57. The van der Waals surface area contributed by atoms with Crippen molar-refractivity contribution < 1.29 is 14.3 Å². The van der Waals surface area contributed by atoms with E-state index in [1.807, 2.05) is 30.0 Å². The molecule has 156 valence electrons. The molecule has 1 aromatic carbocycles. The Morgan fingerprint density at radius 1 is 1.25 bits per heavy atom. The van der Waals surface area contributed by atoms with Crippen LogP contribution in [0.1, 0.15) is 45.1 Å². The lowest BCUT2D eigenvalue weighted by Gasteiger charge is -2.27. The van der Waals surface area contributed by atoms with Crippen LogP contribution in [0.25, 0.3) is 0 Å². The molecule has 1 saturated heterocycles. The number of aliphatic imine (C=N–C) groups is 1. The number of rotatable bonds is 10. The van der Waals surface area contributed by atoms with Gasteiger partial charge in [-0.3, -0.25) is 4.79 Å². The van der Waals surface area contributed by atoms with Gasteiger partial charge in [-0.2, -0.15) is 0 Å². The molecule has 28 heavy (non-hydrogen) atoms. The van der Waals surface area contributed by atoms with Gasteiger partial charge in [-0.25, -0.2) is 4.99 Å². The Morgan fingerprint density at radius 3 is 2.68 bits per heavy atom. The van der Waals surface area contributed by atoms with Crippen LogP contribution in [0.5, 0.6) is 11.5 Å². The monoisotopic (exact) mass is 390 g/mol. The summed E-state index contributed by atoms with van der Waals surface area (Å²) in [4.78, 5) is 18.7. The number of hydrogen-bond donors (Lipinski definition) is 2. The van der Waals surface area contributed by atoms with E-state index in [4.69, 9.17) is 9.47 Å². The number of ether oxygens (including phenoxy) is 2. The number of carbonyl (C=O) groups excluding carboxylic acids is 1. The van der Waals surface area contributed by atoms with E-state index in [0.29, 0.717) is 24.9 Å². The SMILES string of the molecule is CCNC(=NCc1ccc(OC)cc1OC)NCCC(CC)N1CCCC1=O. The van der Waals surface area contributed by atoms with E-state index in [9.17, 15) is 4.79 Å². The molecule has 7 nitrogen and oxygen atoms in total. The molecule has 1 heterocycles. The molecule has 0 aliphatic carbocycles. The number of hydrogen-bond acceptors (Lipinski definition) is 4. The zero-order valence-electron chi connectivity index (χ0n) is 17.6. The van der Waals surface area contributed by atoms with Gasteiger partial charge in [-0.05, 0) is 38.3 Å². The van der Waals surface area contributed by atoms with Crippen LogP contribution in [-0.2, 0) is 11.3 Å². The molecule has 0 aromatic heterocycles. The summed E-state index contributed by atoms with van der Waals surface area (Å²) in [6, 6.07) is 6.04. The summed E-state index contributed by atoms with van der Waals surface area (Å²) in [6.45, 7) is 7.14. The van der Waals surface area contributed by atoms with Crippen LogP contribution in [0, 0.1) is 0 Å². The third kappa shape index (κ3) is 6.04. The van der Waals surface area contributed by atoms with E-state index in [1.54, 1.807) is 14.2 Å². The van der Waals surface area contributed by atoms with Crippen LogP contribution in [0.2, 0.25) is 0 Å². The van der Waals surface area contributed by atoms with Crippen molar-refractivity contribution in [3.63, 3.8) is 0 Å². The van der Waals surface area contributed by atoms with E-state index in [1.165, 1.54) is 0 Å². The Bertz CT molecular complexity index is 663. The number of benzene rings is 1. The fourth-order valence-corrected chi connectivity index (χ4v) is 3.48. The summed E-state index contributed by atoms with van der Waals surface area (Å²) < 4.78 is 10.7. The van der Waals surface area contributed by atoms with Crippen molar-refractivity contribution >= 4 is 11.9 Å². The zero-order valence-corrected chi connectivity index (χ0v) is 17.6. The van der Waals surface area contributed by atoms with E-state index in [-0.39, 0.29) is 0 Å². The van der Waals surface area contributed by atoms with E-state index in [2.05, 4.69) is 22.5 Å². The molecule has 1 aromatic rings. The van der Waals surface area contributed by atoms with Gasteiger partial charge in [0.15, 0.2) is 5.96 Å². The fraction of sp³-hybridized carbons (Fsp3) is 0.619. The Balaban J connectivity index is 1.94. The maximum absolute atomic E-state index is 12.0. The van der Waals surface area contributed by atoms with E-state index in [0.717, 1.165) is 61.9 Å². The Hall–Kier alpha value is -2.44. The molecule has 0 saturated carbocycles. The Morgan fingerprint density at radius 2 is 2.07 bits per heavy atom. The molecule has 1 aliphatic heterocycles. The number of likely N-dealkylation sites (tertiary alicyclic amines) is 1. The first-order chi connectivity index (χ1) is 13.6. The first-order valence-corrected chi connectivity index (χ1v) is 10.1. The van der Waals surface area contributed by atoms with Gasteiger partial charge in [-0.15, -0.1) is 0 Å². The topological polar surface area (TPSA) is 75.2 Å². The van der Waals surface area contributed by atoms with Crippen LogP contribution in [0.15, 0.2) is 23.2 Å². The van der Waals surface area contributed by atoms with Gasteiger partial charge in [0.2, 0.25) is 5.91 Å². The largest absolute Gasteiger partial charge is 0.497 e. The maximum Gasteiger partial charge on any atom is 0.222 e. The molecular weight excluding hydrogens is 356 g/mol. The third-order valence-corrected chi connectivity index (χ3v) is 5.04. The molecular formula is C21H34N4O3. The van der Waals surface area contributed by atoms with Crippen LogP contribution < -0.4 is 20.1 Å². The highest BCUT2D eigenvalue weighted by Gasteiger charge is 2.26. The highest BCUT2D eigenvalue weighted by Crippen LogP contribution is 2.25. The summed E-state index contributed by atoms with van der Waals surface area (Å²) >= 11 is 0. The second-order valence-corrected chi connectivity index (χ2v) is 6.84. The minimum atomic E-state index is 0.291. The zero-order chi connectivity index (χ0) is 20.4. The molecule has 1 atom stereocenters. The normalized spacial score (nSPS) is 15.5. The average molecular weight is 391 g/mol. The first kappa shape index (κ1) is 21.9. The second-order valence-electron chi connectivity index (χ2n) is 6.84. The van der Waals surface area contributed by atoms with Crippen LogP contribution in [0.4, 0.5) is 0 Å². The standard InChI is InChI=1S/C21H34N4O3/c1-5-17(25-13-7-8-20(25)26)11-12-23-21(22-6-2)24-15-16-9-10-18(27-3)14-19(16)28-4/h9-10,14,17H,5-8,11-13,15H2,1-4H3,(H2,22,23,24). The number of nitrogens with one attached hydrogen (secondary N) is 2. The van der Waals surface area contributed by atoms with Crippen LogP contribution >= 0.6 is 0 Å². The number of methoxy groups -OCH3 is 2. The number of carbonyl (C=O) groups is 1. The van der Waals surface area contributed by atoms with Gasteiger partial charge in [0.1, 0.15) is 11.5 Å². The third-order valence-electron chi connectivity index (χ3n) is 5.04. The Labute approximate surface area is 168 Å². The number of guanidine groups is 1. The van der Waals surface area contributed by atoms with Gasteiger partial charge in [0.25, 0.3) is 0 Å². The molecule has 1 fully saturated rings. The van der Waals surface area contributed by atoms with Crippen molar-refractivity contribution in [1.29, 1.82) is 0 Å². The minimum absolute atomic E-state index is 0.291. The molecule has 1 unspecified atom stereocenters. The lowest BCUT2D eigenvalue weighted by atomic mass is 10.1. The second kappa shape index (κ2) is 11.4. The summed E-state index contributed by atoms with van der Waals surface area (Å²) in [5.74, 6) is 2.58. The van der Waals surface area contributed by atoms with Gasteiger partial charge in [0.05, 0.1) is 20.8 Å². The van der Waals surface area contributed by atoms with Crippen molar-refractivity contribution in [3.05, 3.63) is 23.8 Å². The minimum Gasteiger partial charge on any atom is -0.497 e. The molecule has 1 amide bonds. The van der Waals surface area contributed by atoms with Gasteiger partial charge < -0.3 is 25.0 Å². The molecule has 0 radical (unpaired) electrons.